The van der Waals surface area contributed by atoms with Crippen LogP contribution in [0.2, 0.25) is 0 Å². The van der Waals surface area contributed by atoms with E-state index in [1.165, 1.54) is 5.57 Å². The van der Waals surface area contributed by atoms with Gasteiger partial charge in [-0.3, -0.25) is 0 Å². The lowest BCUT2D eigenvalue weighted by Crippen LogP contribution is -2.20. The molecule has 0 bridgehead atoms. The Morgan fingerprint density at radius 1 is 1.60 bits per heavy atom. The predicted molar refractivity (Wildman–Crippen MR) is 64.5 cm³/mol. The van der Waals surface area contributed by atoms with Crippen molar-refractivity contribution in [2.75, 3.05) is 17.6 Å². The fourth-order valence-corrected chi connectivity index (χ4v) is 2.25. The second-order valence-corrected chi connectivity index (χ2v) is 4.06. The number of halogens is 3. The van der Waals surface area contributed by atoms with Gasteiger partial charge in [0.2, 0.25) is 0 Å². The topological polar surface area (TPSA) is 35.2 Å². The maximum Gasteiger partial charge on any atom is 0.261 e. The van der Waals surface area contributed by atoms with Gasteiger partial charge in [0.15, 0.2) is 0 Å². The van der Waals surface area contributed by atoms with Crippen LogP contribution in [0.3, 0.4) is 0 Å². The minimum atomic E-state index is -2.40. The molecule has 15 heavy (non-hydrogen) atoms. The standard InChI is InChI=1S/C10H14F2INO/c11-10(12)6-15-9-2-1-7(5-14)8(3-9)4-13/h1-2,9-10H,3-6,14H2. The van der Waals surface area contributed by atoms with Crippen molar-refractivity contribution >= 4 is 22.6 Å². The van der Waals surface area contributed by atoms with E-state index in [-0.39, 0.29) is 6.10 Å². The lowest BCUT2D eigenvalue weighted by atomic mass is 9.97. The van der Waals surface area contributed by atoms with Crippen LogP contribution in [0.25, 0.3) is 0 Å². The number of nitrogens with two attached hydrogens (primary N) is 1. The average molecular weight is 329 g/mol. The molecule has 0 amide bonds. The van der Waals surface area contributed by atoms with Gasteiger partial charge in [-0.1, -0.05) is 40.3 Å². The summed E-state index contributed by atoms with van der Waals surface area (Å²) in [7, 11) is 0. The second-order valence-electron chi connectivity index (χ2n) is 3.29. The molecule has 1 aliphatic rings. The predicted octanol–water partition coefficient (Wildman–Crippen LogP) is 2.29. The SMILES string of the molecule is NCC1=C(CI)CC(OCC(F)F)C=C1. The highest BCUT2D eigenvalue weighted by atomic mass is 127. The molecule has 0 saturated carbocycles. The van der Waals surface area contributed by atoms with E-state index in [0.717, 1.165) is 10.0 Å². The molecule has 0 aromatic rings. The van der Waals surface area contributed by atoms with Gasteiger partial charge in [0.25, 0.3) is 6.43 Å². The Balaban J connectivity index is 2.50. The molecule has 0 aromatic carbocycles. The van der Waals surface area contributed by atoms with Crippen molar-refractivity contribution in [2.24, 2.45) is 5.73 Å². The first-order valence-electron chi connectivity index (χ1n) is 4.72. The van der Waals surface area contributed by atoms with Crippen molar-refractivity contribution < 1.29 is 13.5 Å². The summed E-state index contributed by atoms with van der Waals surface area (Å²) in [5.41, 5.74) is 7.86. The molecule has 1 rings (SSSR count). The summed E-state index contributed by atoms with van der Waals surface area (Å²) < 4.78 is 29.8. The number of hydrogen-bond acceptors (Lipinski definition) is 2. The van der Waals surface area contributed by atoms with Gasteiger partial charge in [0.1, 0.15) is 6.61 Å². The molecular formula is C10H14F2INO. The van der Waals surface area contributed by atoms with Crippen LogP contribution in [0, 0.1) is 0 Å². The van der Waals surface area contributed by atoms with Gasteiger partial charge >= 0.3 is 0 Å². The molecule has 2 N–H and O–H groups in total. The van der Waals surface area contributed by atoms with Crippen molar-refractivity contribution in [2.45, 2.75) is 19.0 Å². The molecule has 5 heteroatoms. The van der Waals surface area contributed by atoms with Crippen molar-refractivity contribution in [1.29, 1.82) is 0 Å². The smallest absolute Gasteiger partial charge is 0.261 e. The summed E-state index contributed by atoms with van der Waals surface area (Å²) in [5, 5.41) is 0. The second kappa shape index (κ2) is 6.55. The van der Waals surface area contributed by atoms with Crippen LogP contribution < -0.4 is 5.73 Å². The number of rotatable bonds is 5. The van der Waals surface area contributed by atoms with Gasteiger partial charge in [0, 0.05) is 11.0 Å². The largest absolute Gasteiger partial charge is 0.368 e. The molecule has 0 aromatic heterocycles. The first kappa shape index (κ1) is 13.1. The van der Waals surface area contributed by atoms with Gasteiger partial charge in [-0.25, -0.2) is 8.78 Å². The van der Waals surface area contributed by atoms with Crippen LogP contribution >= 0.6 is 22.6 Å². The fourth-order valence-electron chi connectivity index (χ4n) is 1.45. The van der Waals surface area contributed by atoms with E-state index in [2.05, 4.69) is 22.6 Å². The summed E-state index contributed by atoms with van der Waals surface area (Å²) in [4.78, 5) is 0. The van der Waals surface area contributed by atoms with Crippen molar-refractivity contribution in [3.8, 4) is 0 Å². The molecule has 0 aliphatic heterocycles. The van der Waals surface area contributed by atoms with Crippen LogP contribution in [0.15, 0.2) is 23.3 Å². The Kier molecular flexibility index (Phi) is 5.70. The molecular weight excluding hydrogens is 315 g/mol. The van der Waals surface area contributed by atoms with E-state index >= 15 is 0 Å². The third-order valence-electron chi connectivity index (χ3n) is 2.23. The minimum Gasteiger partial charge on any atom is -0.368 e. The molecule has 0 heterocycles. The Labute approximate surface area is 102 Å². The van der Waals surface area contributed by atoms with Gasteiger partial charge in [-0.2, -0.15) is 0 Å². The maximum atomic E-state index is 11.9. The number of hydrogen-bond donors (Lipinski definition) is 1. The first-order valence-corrected chi connectivity index (χ1v) is 6.24. The van der Waals surface area contributed by atoms with Gasteiger partial charge < -0.3 is 10.5 Å². The van der Waals surface area contributed by atoms with Gasteiger partial charge in [-0.05, 0) is 12.0 Å². The molecule has 1 aliphatic carbocycles. The van der Waals surface area contributed by atoms with Crippen molar-refractivity contribution in [3.63, 3.8) is 0 Å². The molecule has 1 atom stereocenters. The summed E-state index contributed by atoms with van der Waals surface area (Å²) >= 11 is 2.25. The highest BCUT2D eigenvalue weighted by molar-refractivity contribution is 14.1. The van der Waals surface area contributed by atoms with E-state index in [1.807, 2.05) is 6.08 Å². The Morgan fingerprint density at radius 3 is 2.87 bits per heavy atom. The average Bonchev–Trinajstić information content (AvgIpc) is 2.25. The van der Waals surface area contributed by atoms with Gasteiger partial charge in [0.05, 0.1) is 6.10 Å². The van der Waals surface area contributed by atoms with Crippen LogP contribution in [0.4, 0.5) is 8.78 Å². The fraction of sp³-hybridized carbons (Fsp3) is 0.600. The van der Waals surface area contributed by atoms with E-state index in [9.17, 15) is 8.78 Å². The van der Waals surface area contributed by atoms with Crippen molar-refractivity contribution in [3.05, 3.63) is 23.3 Å². The normalized spacial score (nSPS) is 21.5. The monoisotopic (exact) mass is 329 g/mol. The maximum absolute atomic E-state index is 11.9. The highest BCUT2D eigenvalue weighted by Gasteiger charge is 2.16. The van der Waals surface area contributed by atoms with Crippen LogP contribution in [0.5, 0.6) is 0 Å². The summed E-state index contributed by atoms with van der Waals surface area (Å²) in [6.07, 6.45) is 1.74. The molecule has 86 valence electrons. The highest BCUT2D eigenvalue weighted by Crippen LogP contribution is 2.22. The minimum absolute atomic E-state index is 0.223. The number of ether oxygens (including phenoxy) is 1. The van der Waals surface area contributed by atoms with Crippen LogP contribution in [-0.2, 0) is 4.74 Å². The molecule has 0 saturated heterocycles. The zero-order chi connectivity index (χ0) is 11.3. The molecule has 0 fully saturated rings. The van der Waals surface area contributed by atoms with Crippen molar-refractivity contribution in [1.82, 2.24) is 0 Å². The van der Waals surface area contributed by atoms with E-state index in [0.29, 0.717) is 13.0 Å². The third kappa shape index (κ3) is 4.16. The Bertz CT molecular complexity index is 266. The van der Waals surface area contributed by atoms with E-state index in [1.54, 1.807) is 6.08 Å². The van der Waals surface area contributed by atoms with Crippen LogP contribution in [0.1, 0.15) is 6.42 Å². The summed E-state index contributed by atoms with van der Waals surface area (Å²) in [6.45, 7) is -0.00209. The lowest BCUT2D eigenvalue weighted by Gasteiger charge is -2.21. The molecule has 0 radical (unpaired) electrons. The Morgan fingerprint density at radius 2 is 2.33 bits per heavy atom. The van der Waals surface area contributed by atoms with E-state index < -0.39 is 13.0 Å². The lowest BCUT2D eigenvalue weighted by molar-refractivity contribution is -0.00696. The third-order valence-corrected chi connectivity index (χ3v) is 3.15. The molecule has 2 nitrogen and oxygen atoms in total. The zero-order valence-electron chi connectivity index (χ0n) is 8.26. The first-order chi connectivity index (χ1) is 7.17. The molecule has 0 spiro atoms. The van der Waals surface area contributed by atoms with E-state index in [4.69, 9.17) is 10.5 Å². The van der Waals surface area contributed by atoms with Gasteiger partial charge in [-0.15, -0.1) is 0 Å². The number of alkyl halides is 3. The summed E-state index contributed by atoms with van der Waals surface area (Å²) in [5.74, 6) is 0. The zero-order valence-corrected chi connectivity index (χ0v) is 10.4. The van der Waals surface area contributed by atoms with Crippen LogP contribution in [-0.4, -0.2) is 30.1 Å². The molecule has 1 unspecified atom stereocenters. The Hall–Kier alpha value is -0.0100. The summed E-state index contributed by atoms with van der Waals surface area (Å²) in [6, 6.07) is 0. The quantitative estimate of drug-likeness (QED) is 0.620.